The van der Waals surface area contributed by atoms with Gasteiger partial charge in [-0.05, 0) is 19.3 Å². The Bertz CT molecular complexity index is 222. The molecule has 1 aliphatic rings. The molecule has 4 nitrogen and oxygen atoms in total. The van der Waals surface area contributed by atoms with E-state index in [1.54, 1.807) is 6.92 Å². The van der Waals surface area contributed by atoms with Crippen LogP contribution in [0.15, 0.2) is 0 Å². The van der Waals surface area contributed by atoms with E-state index in [0.717, 1.165) is 25.9 Å². The first kappa shape index (κ1) is 11.0. The van der Waals surface area contributed by atoms with E-state index in [9.17, 15) is 9.59 Å². The highest BCUT2D eigenvalue weighted by Crippen LogP contribution is 2.12. The molecule has 0 spiro atoms. The Kier molecular flexibility index (Phi) is 3.92. The van der Waals surface area contributed by atoms with E-state index in [-0.39, 0.29) is 18.2 Å². The summed E-state index contributed by atoms with van der Waals surface area (Å²) in [6, 6.07) is 0. The molecular weight excluding hydrogens is 180 g/mol. The first-order chi connectivity index (χ1) is 6.61. The Labute approximate surface area is 84.4 Å². The zero-order valence-corrected chi connectivity index (χ0v) is 8.66. The van der Waals surface area contributed by atoms with Gasteiger partial charge in [0.2, 0.25) is 11.8 Å². The summed E-state index contributed by atoms with van der Waals surface area (Å²) in [4.78, 5) is 24.2. The predicted molar refractivity (Wildman–Crippen MR) is 53.4 cm³/mol. The highest BCUT2D eigenvalue weighted by Gasteiger charge is 2.20. The van der Waals surface area contributed by atoms with Crippen LogP contribution in [0.4, 0.5) is 0 Å². The molecule has 0 saturated carbocycles. The van der Waals surface area contributed by atoms with Crippen LogP contribution in [-0.2, 0) is 9.59 Å². The minimum Gasteiger partial charge on any atom is -0.369 e. The lowest BCUT2D eigenvalue weighted by Gasteiger charge is -2.27. The second-order valence-corrected chi connectivity index (χ2v) is 3.95. The van der Waals surface area contributed by atoms with Gasteiger partial charge >= 0.3 is 0 Å². The molecule has 4 heteroatoms. The van der Waals surface area contributed by atoms with Gasteiger partial charge in [0, 0.05) is 25.4 Å². The number of nitrogens with zero attached hydrogens (tertiary/aromatic N) is 1. The third-order valence-electron chi connectivity index (χ3n) is 2.68. The number of hydrogen-bond acceptors (Lipinski definition) is 2. The molecule has 0 aromatic heterocycles. The van der Waals surface area contributed by atoms with E-state index >= 15 is 0 Å². The van der Waals surface area contributed by atoms with Crippen LogP contribution < -0.4 is 5.73 Å². The van der Waals surface area contributed by atoms with Gasteiger partial charge < -0.3 is 10.6 Å². The molecule has 2 N–H and O–H groups in total. The Morgan fingerprint density at radius 1 is 1.29 bits per heavy atom. The molecule has 80 valence electrons. The Morgan fingerprint density at radius 3 is 2.36 bits per heavy atom. The zero-order chi connectivity index (χ0) is 10.6. The summed E-state index contributed by atoms with van der Waals surface area (Å²) in [5.74, 6) is -0.671. The number of piperidine rings is 1. The van der Waals surface area contributed by atoms with Crippen molar-refractivity contribution in [3.8, 4) is 0 Å². The van der Waals surface area contributed by atoms with Gasteiger partial charge in [-0.2, -0.15) is 0 Å². The summed E-state index contributed by atoms with van der Waals surface area (Å²) in [6.07, 6.45) is 3.62. The lowest BCUT2D eigenvalue weighted by atomic mass is 10.1. The SMILES string of the molecule is CC(CC(=O)N1CCCCC1)C(N)=O. The number of carbonyl (C=O) groups excluding carboxylic acids is 2. The largest absolute Gasteiger partial charge is 0.369 e. The number of primary amides is 1. The van der Waals surface area contributed by atoms with Gasteiger partial charge in [-0.15, -0.1) is 0 Å². The van der Waals surface area contributed by atoms with Crippen molar-refractivity contribution < 1.29 is 9.59 Å². The standard InChI is InChI=1S/C10H18N2O2/c1-8(10(11)14)7-9(13)12-5-3-2-4-6-12/h8H,2-7H2,1H3,(H2,11,14). The zero-order valence-electron chi connectivity index (χ0n) is 8.66. The van der Waals surface area contributed by atoms with Crippen LogP contribution in [0, 0.1) is 5.92 Å². The molecule has 1 fully saturated rings. The van der Waals surface area contributed by atoms with Crippen molar-refractivity contribution in [2.24, 2.45) is 11.7 Å². The van der Waals surface area contributed by atoms with Crippen LogP contribution in [-0.4, -0.2) is 29.8 Å². The van der Waals surface area contributed by atoms with Gasteiger partial charge in [0.25, 0.3) is 0 Å². The summed E-state index contributed by atoms with van der Waals surface area (Å²) in [5, 5.41) is 0. The van der Waals surface area contributed by atoms with Crippen LogP contribution in [0.25, 0.3) is 0 Å². The normalized spacial score (nSPS) is 19.1. The third kappa shape index (κ3) is 3.01. The maximum Gasteiger partial charge on any atom is 0.223 e. The molecule has 0 aromatic rings. The van der Waals surface area contributed by atoms with E-state index in [1.165, 1.54) is 6.42 Å². The van der Waals surface area contributed by atoms with E-state index in [4.69, 9.17) is 5.73 Å². The summed E-state index contributed by atoms with van der Waals surface area (Å²) in [7, 11) is 0. The smallest absolute Gasteiger partial charge is 0.223 e. The fourth-order valence-electron chi connectivity index (χ4n) is 1.63. The second kappa shape index (κ2) is 4.98. The lowest BCUT2D eigenvalue weighted by Crippen LogP contribution is -2.37. The van der Waals surface area contributed by atoms with Crippen molar-refractivity contribution in [1.82, 2.24) is 4.90 Å². The molecule has 1 rings (SSSR count). The highest BCUT2D eigenvalue weighted by atomic mass is 16.2. The molecule has 0 aromatic carbocycles. The van der Waals surface area contributed by atoms with Crippen LogP contribution in [0.2, 0.25) is 0 Å². The quantitative estimate of drug-likeness (QED) is 0.718. The number of carbonyl (C=O) groups is 2. The van der Waals surface area contributed by atoms with Crippen molar-refractivity contribution in [3.63, 3.8) is 0 Å². The topological polar surface area (TPSA) is 63.4 Å². The maximum atomic E-state index is 11.6. The lowest BCUT2D eigenvalue weighted by molar-refractivity contribution is -0.135. The van der Waals surface area contributed by atoms with Crippen molar-refractivity contribution in [3.05, 3.63) is 0 Å². The summed E-state index contributed by atoms with van der Waals surface area (Å²) < 4.78 is 0. The first-order valence-electron chi connectivity index (χ1n) is 5.18. The van der Waals surface area contributed by atoms with Gasteiger partial charge in [0.05, 0.1) is 0 Å². The van der Waals surface area contributed by atoms with Crippen molar-refractivity contribution >= 4 is 11.8 Å². The predicted octanol–water partition coefficient (Wildman–Crippen LogP) is 0.510. The Balaban J connectivity index is 2.36. The number of amides is 2. The average molecular weight is 198 g/mol. The molecule has 1 aliphatic heterocycles. The molecular formula is C10H18N2O2. The van der Waals surface area contributed by atoms with Crippen molar-refractivity contribution in [1.29, 1.82) is 0 Å². The number of nitrogens with two attached hydrogens (primary N) is 1. The second-order valence-electron chi connectivity index (χ2n) is 3.95. The monoisotopic (exact) mass is 198 g/mol. The number of rotatable bonds is 3. The molecule has 1 unspecified atom stereocenters. The number of likely N-dealkylation sites (tertiary alicyclic amines) is 1. The van der Waals surface area contributed by atoms with Gasteiger partial charge in [-0.3, -0.25) is 9.59 Å². The summed E-state index contributed by atoms with van der Waals surface area (Å²) >= 11 is 0. The van der Waals surface area contributed by atoms with Gasteiger partial charge in [0.15, 0.2) is 0 Å². The van der Waals surface area contributed by atoms with Crippen LogP contribution in [0.5, 0.6) is 0 Å². The molecule has 0 bridgehead atoms. The minimum absolute atomic E-state index is 0.0657. The van der Waals surface area contributed by atoms with E-state index in [0.29, 0.717) is 0 Å². The van der Waals surface area contributed by atoms with Crippen molar-refractivity contribution in [2.45, 2.75) is 32.6 Å². The van der Waals surface area contributed by atoms with E-state index in [1.807, 2.05) is 4.90 Å². The van der Waals surface area contributed by atoms with E-state index < -0.39 is 5.91 Å². The molecule has 2 amide bonds. The molecule has 14 heavy (non-hydrogen) atoms. The molecule has 0 aliphatic carbocycles. The van der Waals surface area contributed by atoms with Crippen LogP contribution in [0.3, 0.4) is 0 Å². The van der Waals surface area contributed by atoms with Crippen LogP contribution >= 0.6 is 0 Å². The molecule has 1 atom stereocenters. The molecule has 1 saturated heterocycles. The summed E-state index contributed by atoms with van der Waals surface area (Å²) in [5.41, 5.74) is 5.10. The average Bonchev–Trinajstić information content (AvgIpc) is 2.19. The summed E-state index contributed by atoms with van der Waals surface area (Å²) in [6.45, 7) is 3.37. The van der Waals surface area contributed by atoms with Gasteiger partial charge in [0.1, 0.15) is 0 Å². The first-order valence-corrected chi connectivity index (χ1v) is 5.18. The Hall–Kier alpha value is -1.06. The van der Waals surface area contributed by atoms with Gasteiger partial charge in [-0.1, -0.05) is 6.92 Å². The maximum absolute atomic E-state index is 11.6. The number of hydrogen-bond donors (Lipinski definition) is 1. The fraction of sp³-hybridized carbons (Fsp3) is 0.800. The fourth-order valence-corrected chi connectivity index (χ4v) is 1.63. The molecule has 0 radical (unpaired) electrons. The minimum atomic E-state index is -0.393. The third-order valence-corrected chi connectivity index (χ3v) is 2.68. The van der Waals surface area contributed by atoms with Crippen LogP contribution in [0.1, 0.15) is 32.6 Å². The van der Waals surface area contributed by atoms with Crippen molar-refractivity contribution in [2.75, 3.05) is 13.1 Å². The molecule has 1 heterocycles. The highest BCUT2D eigenvalue weighted by molar-refractivity contribution is 5.84. The Morgan fingerprint density at radius 2 is 1.86 bits per heavy atom. The van der Waals surface area contributed by atoms with Gasteiger partial charge in [-0.25, -0.2) is 0 Å². The van der Waals surface area contributed by atoms with E-state index in [2.05, 4.69) is 0 Å².